The standard InChI is InChI=1S/C12H22O.C10H18O2.C10H16O2.C3H6O3/c1-4-5-6-7-8-9-11(2)10-12(3)13;2*1-8(2)5-4-6-9(3)7-10(11)12;1-2(4)3(5)6/h10H,4-9H2,1-3H3;5,9H,4,6-7H2,1-3H3,(H,11,12);5,7H,4,6H2,1-3H3,(H,11,12);2,4H,1H3,(H,5,6)/b11-10+;;9-7+;. The first-order valence-electron chi connectivity index (χ1n) is 15.3. The number of aliphatic hydroxyl groups is 1. The van der Waals surface area contributed by atoms with Crippen molar-refractivity contribution >= 4 is 23.7 Å². The van der Waals surface area contributed by atoms with Crippen LogP contribution in [0.25, 0.3) is 0 Å². The summed E-state index contributed by atoms with van der Waals surface area (Å²) in [4.78, 5) is 40.7. The van der Waals surface area contributed by atoms with Gasteiger partial charge >= 0.3 is 17.9 Å². The van der Waals surface area contributed by atoms with Crippen LogP contribution < -0.4 is 0 Å². The monoisotopic (exact) mass is 610 g/mol. The Morgan fingerprint density at radius 2 is 1.14 bits per heavy atom. The fourth-order valence-electron chi connectivity index (χ4n) is 3.35. The smallest absolute Gasteiger partial charge is 0.332 e. The quantitative estimate of drug-likeness (QED) is 0.0724. The Balaban J connectivity index is -0.000000243. The Morgan fingerprint density at radius 3 is 1.53 bits per heavy atom. The number of carbonyl (C=O) groups excluding carboxylic acids is 1. The minimum absolute atomic E-state index is 0.172. The summed E-state index contributed by atoms with van der Waals surface area (Å²) in [6, 6.07) is 0. The van der Waals surface area contributed by atoms with E-state index in [1.807, 2.05) is 34.6 Å². The first-order chi connectivity index (χ1) is 19.8. The molecule has 8 nitrogen and oxygen atoms in total. The van der Waals surface area contributed by atoms with Crippen LogP contribution in [-0.4, -0.2) is 50.2 Å². The van der Waals surface area contributed by atoms with Crippen LogP contribution in [0.15, 0.2) is 46.6 Å². The van der Waals surface area contributed by atoms with Crippen molar-refractivity contribution in [2.45, 2.75) is 146 Å². The van der Waals surface area contributed by atoms with Crippen LogP contribution >= 0.6 is 0 Å². The summed E-state index contributed by atoms with van der Waals surface area (Å²) in [6.07, 6.45) is 17.7. The van der Waals surface area contributed by atoms with Gasteiger partial charge in [-0.2, -0.15) is 0 Å². The summed E-state index contributed by atoms with van der Waals surface area (Å²) in [5.41, 5.74) is 4.72. The molecule has 0 radical (unpaired) electrons. The highest BCUT2D eigenvalue weighted by atomic mass is 16.4. The Kier molecular flexibility index (Phi) is 34.9. The van der Waals surface area contributed by atoms with Crippen molar-refractivity contribution in [3.8, 4) is 0 Å². The van der Waals surface area contributed by atoms with Crippen LogP contribution in [0.5, 0.6) is 0 Å². The van der Waals surface area contributed by atoms with Gasteiger partial charge in [-0.3, -0.25) is 9.59 Å². The van der Waals surface area contributed by atoms with Crippen LogP contribution in [-0.2, 0) is 19.2 Å². The van der Waals surface area contributed by atoms with Gasteiger partial charge in [0, 0.05) is 12.5 Å². The molecule has 0 rings (SSSR count). The normalized spacial score (nSPS) is 12.0. The Labute approximate surface area is 261 Å². The first kappa shape index (κ1) is 46.9. The molecule has 0 fully saturated rings. The molecule has 0 aliphatic carbocycles. The number of aliphatic carboxylic acids is 3. The number of aliphatic hydroxyl groups excluding tert-OH is 1. The molecule has 4 N–H and O–H groups in total. The van der Waals surface area contributed by atoms with Crippen LogP contribution in [0, 0.1) is 5.92 Å². The first-order valence-corrected chi connectivity index (χ1v) is 15.3. The molecule has 43 heavy (non-hydrogen) atoms. The lowest BCUT2D eigenvalue weighted by molar-refractivity contribution is -0.145. The van der Waals surface area contributed by atoms with E-state index in [-0.39, 0.29) is 18.1 Å². The van der Waals surface area contributed by atoms with Crippen LogP contribution in [0.1, 0.15) is 140 Å². The van der Waals surface area contributed by atoms with E-state index in [1.165, 1.54) is 61.8 Å². The zero-order chi connectivity index (χ0) is 34.4. The fraction of sp³-hybridized carbons (Fsp3) is 0.657. The van der Waals surface area contributed by atoms with Gasteiger partial charge in [0.1, 0.15) is 6.10 Å². The van der Waals surface area contributed by atoms with E-state index in [9.17, 15) is 19.2 Å². The zero-order valence-electron chi connectivity index (χ0n) is 28.7. The predicted octanol–water partition coefficient (Wildman–Crippen LogP) is 8.94. The molecule has 0 spiro atoms. The van der Waals surface area contributed by atoms with Crippen LogP contribution in [0.3, 0.4) is 0 Å². The summed E-state index contributed by atoms with van der Waals surface area (Å²) < 4.78 is 0. The lowest BCUT2D eigenvalue weighted by Crippen LogP contribution is -2.13. The lowest BCUT2D eigenvalue weighted by atomic mass is 10.0. The van der Waals surface area contributed by atoms with Gasteiger partial charge in [-0.05, 0) is 106 Å². The highest BCUT2D eigenvalue weighted by Crippen LogP contribution is 2.12. The van der Waals surface area contributed by atoms with Gasteiger partial charge in [0.15, 0.2) is 5.78 Å². The summed E-state index contributed by atoms with van der Waals surface area (Å²) in [5.74, 6) is -2.27. The summed E-state index contributed by atoms with van der Waals surface area (Å²) in [5, 5.41) is 32.6. The third-order valence-electron chi connectivity index (χ3n) is 5.68. The number of ketones is 1. The van der Waals surface area contributed by atoms with Crippen molar-refractivity contribution in [3.05, 3.63) is 46.6 Å². The molecule has 0 amide bonds. The summed E-state index contributed by atoms with van der Waals surface area (Å²) in [6.45, 7) is 19.1. The molecule has 0 aromatic rings. The molecule has 0 aromatic carbocycles. The average molecular weight is 611 g/mol. The number of unbranched alkanes of at least 4 members (excludes halogenated alkanes) is 4. The van der Waals surface area contributed by atoms with E-state index in [4.69, 9.17) is 20.4 Å². The number of hydrogen-bond acceptors (Lipinski definition) is 5. The molecule has 8 heteroatoms. The number of carbonyl (C=O) groups is 4. The van der Waals surface area contributed by atoms with Crippen molar-refractivity contribution in [2.24, 2.45) is 5.92 Å². The average Bonchev–Trinajstić information content (AvgIpc) is 2.83. The maximum Gasteiger partial charge on any atom is 0.332 e. The minimum atomic E-state index is -1.23. The summed E-state index contributed by atoms with van der Waals surface area (Å²) in [7, 11) is 0. The minimum Gasteiger partial charge on any atom is -0.481 e. The predicted molar refractivity (Wildman–Crippen MR) is 177 cm³/mol. The molecule has 0 aliphatic rings. The molecule has 0 aromatic heterocycles. The van der Waals surface area contributed by atoms with E-state index in [1.54, 1.807) is 13.0 Å². The third-order valence-corrected chi connectivity index (χ3v) is 5.68. The second-order valence-electron chi connectivity index (χ2n) is 11.5. The molecule has 0 heterocycles. The highest BCUT2D eigenvalue weighted by Gasteiger charge is 2.05. The number of hydrogen-bond donors (Lipinski definition) is 4. The molecule has 0 bridgehead atoms. The molecular formula is C35H62O8. The van der Waals surface area contributed by atoms with Crippen molar-refractivity contribution in [3.63, 3.8) is 0 Å². The Morgan fingerprint density at radius 1 is 0.674 bits per heavy atom. The maximum absolute atomic E-state index is 10.7. The van der Waals surface area contributed by atoms with E-state index in [0.29, 0.717) is 0 Å². The number of allylic oxidation sites excluding steroid dienone is 7. The SMILES string of the molecule is CC(C)=CCC/C(C)=C/C(=O)O.CC(C)=CCCC(C)CC(=O)O.CC(O)C(=O)O.CCCCCCC/C(C)=C/C(C)=O. The summed E-state index contributed by atoms with van der Waals surface area (Å²) >= 11 is 0. The number of carboxylic acid groups (broad SMARTS) is 3. The van der Waals surface area contributed by atoms with Gasteiger partial charge in [-0.25, -0.2) is 9.59 Å². The fourth-order valence-corrected chi connectivity index (χ4v) is 3.35. The van der Waals surface area contributed by atoms with Gasteiger partial charge in [0.25, 0.3) is 0 Å². The van der Waals surface area contributed by atoms with Gasteiger partial charge in [0.2, 0.25) is 0 Å². The third kappa shape index (κ3) is 52.1. The maximum atomic E-state index is 10.7. The van der Waals surface area contributed by atoms with Gasteiger partial charge < -0.3 is 20.4 Å². The second-order valence-corrected chi connectivity index (χ2v) is 11.5. The molecular weight excluding hydrogens is 548 g/mol. The second kappa shape index (κ2) is 31.9. The van der Waals surface area contributed by atoms with Crippen molar-refractivity contribution < 1.29 is 39.6 Å². The molecule has 0 saturated carbocycles. The van der Waals surface area contributed by atoms with Gasteiger partial charge in [-0.1, -0.05) is 74.0 Å². The lowest BCUT2D eigenvalue weighted by Gasteiger charge is -2.05. The molecule has 2 unspecified atom stereocenters. The van der Waals surface area contributed by atoms with Crippen molar-refractivity contribution in [1.82, 2.24) is 0 Å². The number of rotatable bonds is 17. The molecule has 0 aliphatic heterocycles. The highest BCUT2D eigenvalue weighted by molar-refractivity contribution is 5.87. The zero-order valence-corrected chi connectivity index (χ0v) is 28.7. The van der Waals surface area contributed by atoms with E-state index in [0.717, 1.165) is 37.7 Å². The van der Waals surface area contributed by atoms with E-state index in [2.05, 4.69) is 32.9 Å². The van der Waals surface area contributed by atoms with Gasteiger partial charge in [0.05, 0.1) is 0 Å². The van der Waals surface area contributed by atoms with Crippen LogP contribution in [0.4, 0.5) is 0 Å². The largest absolute Gasteiger partial charge is 0.481 e. The van der Waals surface area contributed by atoms with Crippen LogP contribution in [0.2, 0.25) is 0 Å². The van der Waals surface area contributed by atoms with Gasteiger partial charge in [-0.15, -0.1) is 0 Å². The number of carboxylic acids is 3. The topological polar surface area (TPSA) is 149 Å². The molecule has 2 atom stereocenters. The van der Waals surface area contributed by atoms with E-state index >= 15 is 0 Å². The van der Waals surface area contributed by atoms with Crippen molar-refractivity contribution in [2.75, 3.05) is 0 Å². The molecule has 0 saturated heterocycles. The van der Waals surface area contributed by atoms with E-state index < -0.39 is 24.0 Å². The molecule has 250 valence electrons. The Hall–Kier alpha value is -3.00. The Bertz CT molecular complexity index is 884. The van der Waals surface area contributed by atoms with Crippen molar-refractivity contribution in [1.29, 1.82) is 0 Å².